The van der Waals surface area contributed by atoms with Gasteiger partial charge in [-0.1, -0.05) is 6.07 Å². The van der Waals surface area contributed by atoms with Gasteiger partial charge >= 0.3 is 0 Å². The van der Waals surface area contributed by atoms with E-state index in [1.807, 2.05) is 0 Å². The first-order valence-electron chi connectivity index (χ1n) is 6.55. The van der Waals surface area contributed by atoms with Crippen LogP contribution in [0.15, 0.2) is 29.2 Å². The Kier molecular flexibility index (Phi) is 5.67. The first kappa shape index (κ1) is 18.1. The van der Waals surface area contributed by atoms with Crippen molar-refractivity contribution in [2.75, 3.05) is 41.8 Å². The summed E-state index contributed by atoms with van der Waals surface area (Å²) in [5, 5.41) is 0. The molecule has 0 unspecified atom stereocenters. The molecule has 1 aromatic rings. The number of likely N-dealkylation sites (N-methyl/N-ethyl adjacent to an activating group) is 2. The monoisotopic (exact) mass is 327 g/mol. The second-order valence-electron chi connectivity index (χ2n) is 5.26. The van der Waals surface area contributed by atoms with Crippen molar-refractivity contribution in [3.63, 3.8) is 0 Å². The van der Waals surface area contributed by atoms with Crippen molar-refractivity contribution in [1.29, 1.82) is 0 Å². The molecule has 1 aromatic carbocycles. The molecule has 8 heteroatoms. The molecule has 0 saturated carbocycles. The Morgan fingerprint density at radius 3 is 2.14 bits per heavy atom. The largest absolute Gasteiger partial charge is 0.347 e. The number of nitrogens with zero attached hydrogens (tertiary/aromatic N) is 3. The molecule has 0 bridgehead atoms. The van der Waals surface area contributed by atoms with E-state index in [2.05, 4.69) is 0 Å². The highest BCUT2D eigenvalue weighted by molar-refractivity contribution is 7.89. The van der Waals surface area contributed by atoms with Crippen LogP contribution < -0.4 is 0 Å². The van der Waals surface area contributed by atoms with Crippen LogP contribution in [0.1, 0.15) is 10.4 Å². The summed E-state index contributed by atoms with van der Waals surface area (Å²) >= 11 is 0. The maximum absolute atomic E-state index is 12.3. The van der Waals surface area contributed by atoms with Crippen molar-refractivity contribution in [1.82, 2.24) is 14.1 Å². The van der Waals surface area contributed by atoms with E-state index < -0.39 is 15.9 Å². The molecule has 0 aromatic heterocycles. The van der Waals surface area contributed by atoms with E-state index in [-0.39, 0.29) is 22.9 Å². The average Bonchev–Trinajstić information content (AvgIpc) is 2.46. The summed E-state index contributed by atoms with van der Waals surface area (Å²) in [6.07, 6.45) is 0. The summed E-state index contributed by atoms with van der Waals surface area (Å²) in [6.45, 7) is -0.0729. The van der Waals surface area contributed by atoms with Gasteiger partial charge in [0, 0.05) is 40.8 Å². The quantitative estimate of drug-likeness (QED) is 0.768. The fourth-order valence-electron chi connectivity index (χ4n) is 1.64. The highest BCUT2D eigenvalue weighted by Crippen LogP contribution is 2.15. The zero-order valence-corrected chi connectivity index (χ0v) is 14.2. The van der Waals surface area contributed by atoms with Crippen LogP contribution >= 0.6 is 0 Å². The lowest BCUT2D eigenvalue weighted by Crippen LogP contribution is -2.37. The molecule has 0 aliphatic heterocycles. The first-order chi connectivity index (χ1) is 10.1. The minimum absolute atomic E-state index is 0.0377. The van der Waals surface area contributed by atoms with Crippen LogP contribution in [0, 0.1) is 0 Å². The standard InChI is InChI=1S/C14H21N3O4S/c1-15(2)13(18)10-17(5)14(19)11-7-6-8-12(9-11)22(20,21)16(3)4/h6-9H,10H2,1-5H3. The van der Waals surface area contributed by atoms with Crippen LogP contribution in [0.25, 0.3) is 0 Å². The molecule has 0 fully saturated rings. The molecule has 2 amide bonds. The molecule has 122 valence electrons. The summed E-state index contributed by atoms with van der Waals surface area (Å²) in [5.74, 6) is -0.626. The summed E-state index contributed by atoms with van der Waals surface area (Å²) < 4.78 is 25.2. The Labute approximate surface area is 131 Å². The molecular weight excluding hydrogens is 306 g/mol. The maximum atomic E-state index is 12.3. The van der Waals surface area contributed by atoms with E-state index >= 15 is 0 Å². The molecule has 0 atom stereocenters. The van der Waals surface area contributed by atoms with Crippen molar-refractivity contribution in [2.24, 2.45) is 0 Å². The van der Waals surface area contributed by atoms with E-state index in [0.29, 0.717) is 0 Å². The maximum Gasteiger partial charge on any atom is 0.254 e. The van der Waals surface area contributed by atoms with Crippen LogP contribution in [-0.2, 0) is 14.8 Å². The molecule has 0 N–H and O–H groups in total. The van der Waals surface area contributed by atoms with Gasteiger partial charge in [-0.15, -0.1) is 0 Å². The fourth-order valence-corrected chi connectivity index (χ4v) is 2.58. The summed E-state index contributed by atoms with van der Waals surface area (Å²) in [4.78, 5) is 26.6. The van der Waals surface area contributed by atoms with Gasteiger partial charge in [-0.05, 0) is 18.2 Å². The van der Waals surface area contributed by atoms with Gasteiger partial charge in [-0.25, -0.2) is 12.7 Å². The average molecular weight is 327 g/mol. The fraction of sp³-hybridized carbons (Fsp3) is 0.429. The summed E-state index contributed by atoms with van der Waals surface area (Å²) in [5.41, 5.74) is 0.219. The molecule has 0 aliphatic carbocycles. The number of carbonyl (C=O) groups excluding carboxylic acids is 2. The van der Waals surface area contributed by atoms with Crippen LogP contribution in [-0.4, -0.2) is 76.1 Å². The summed E-state index contributed by atoms with van der Waals surface area (Å²) in [6, 6.07) is 5.77. The minimum Gasteiger partial charge on any atom is -0.347 e. The Morgan fingerprint density at radius 1 is 1.05 bits per heavy atom. The molecule has 0 saturated heterocycles. The SMILES string of the molecule is CN(C)C(=O)CN(C)C(=O)c1cccc(S(=O)(=O)N(C)C)c1. The number of benzene rings is 1. The predicted octanol–water partition coefficient (Wildman–Crippen LogP) is 0.0971. The van der Waals surface area contributed by atoms with Gasteiger partial charge in [-0.2, -0.15) is 0 Å². The smallest absolute Gasteiger partial charge is 0.254 e. The Morgan fingerprint density at radius 2 is 1.64 bits per heavy atom. The second kappa shape index (κ2) is 6.89. The molecule has 0 radical (unpaired) electrons. The highest BCUT2D eigenvalue weighted by atomic mass is 32.2. The zero-order valence-electron chi connectivity index (χ0n) is 13.4. The van der Waals surface area contributed by atoms with Gasteiger partial charge < -0.3 is 9.80 Å². The van der Waals surface area contributed by atoms with Gasteiger partial charge in [0.15, 0.2) is 0 Å². The molecule has 0 heterocycles. The zero-order chi connectivity index (χ0) is 17.1. The second-order valence-corrected chi connectivity index (χ2v) is 7.42. The number of hydrogen-bond donors (Lipinski definition) is 0. The number of hydrogen-bond acceptors (Lipinski definition) is 4. The number of sulfonamides is 1. The molecule has 0 aliphatic rings. The van der Waals surface area contributed by atoms with Crippen LogP contribution in [0.5, 0.6) is 0 Å². The van der Waals surface area contributed by atoms with Crippen LogP contribution in [0.3, 0.4) is 0 Å². The molecule has 7 nitrogen and oxygen atoms in total. The molecule has 0 spiro atoms. The third kappa shape index (κ3) is 4.05. The Bertz CT molecular complexity index is 668. The normalized spacial score (nSPS) is 11.4. The van der Waals surface area contributed by atoms with Gasteiger partial charge in [0.25, 0.3) is 5.91 Å². The third-order valence-corrected chi connectivity index (χ3v) is 4.89. The first-order valence-corrected chi connectivity index (χ1v) is 7.99. The Balaban J connectivity index is 3.04. The van der Waals surface area contributed by atoms with Crippen LogP contribution in [0.2, 0.25) is 0 Å². The van der Waals surface area contributed by atoms with E-state index in [4.69, 9.17) is 0 Å². The number of rotatable bonds is 5. The minimum atomic E-state index is -3.61. The van der Waals surface area contributed by atoms with Gasteiger partial charge in [-0.3, -0.25) is 9.59 Å². The van der Waals surface area contributed by atoms with E-state index in [1.54, 1.807) is 14.1 Å². The predicted molar refractivity (Wildman–Crippen MR) is 83.0 cm³/mol. The summed E-state index contributed by atoms with van der Waals surface area (Å²) in [7, 11) is 3.94. The van der Waals surface area contributed by atoms with E-state index in [9.17, 15) is 18.0 Å². The van der Waals surface area contributed by atoms with Gasteiger partial charge in [0.1, 0.15) is 0 Å². The van der Waals surface area contributed by atoms with Crippen LogP contribution in [0.4, 0.5) is 0 Å². The van der Waals surface area contributed by atoms with E-state index in [0.717, 1.165) is 4.31 Å². The van der Waals surface area contributed by atoms with Crippen molar-refractivity contribution in [3.8, 4) is 0 Å². The van der Waals surface area contributed by atoms with Crippen molar-refractivity contribution < 1.29 is 18.0 Å². The van der Waals surface area contributed by atoms with E-state index in [1.165, 1.54) is 55.2 Å². The Hall–Kier alpha value is -1.93. The number of amides is 2. The molecule has 22 heavy (non-hydrogen) atoms. The third-order valence-electron chi connectivity index (χ3n) is 3.08. The lowest BCUT2D eigenvalue weighted by molar-refractivity contribution is -0.129. The topological polar surface area (TPSA) is 78.0 Å². The molecular formula is C14H21N3O4S. The lowest BCUT2D eigenvalue weighted by Gasteiger charge is -2.19. The van der Waals surface area contributed by atoms with Gasteiger partial charge in [0.05, 0.1) is 11.4 Å². The van der Waals surface area contributed by atoms with Crippen molar-refractivity contribution >= 4 is 21.8 Å². The van der Waals surface area contributed by atoms with Crippen molar-refractivity contribution in [2.45, 2.75) is 4.90 Å². The highest BCUT2D eigenvalue weighted by Gasteiger charge is 2.21. The van der Waals surface area contributed by atoms with Crippen molar-refractivity contribution in [3.05, 3.63) is 29.8 Å². The number of carbonyl (C=O) groups is 2. The molecule has 1 rings (SSSR count). The lowest BCUT2D eigenvalue weighted by atomic mass is 10.2. The van der Waals surface area contributed by atoms with Gasteiger partial charge in [0.2, 0.25) is 15.9 Å².